The minimum absolute atomic E-state index is 0.00159. The molecule has 0 aliphatic heterocycles. The quantitative estimate of drug-likeness (QED) is 0.813. The molecule has 1 atom stereocenters. The summed E-state index contributed by atoms with van der Waals surface area (Å²) in [6.45, 7) is 7.24. The number of benzene rings is 1. The Kier molecular flexibility index (Phi) is 5.65. The lowest BCUT2D eigenvalue weighted by Crippen LogP contribution is -2.36. The third kappa shape index (κ3) is 4.04. The van der Waals surface area contributed by atoms with Gasteiger partial charge in [-0.3, -0.25) is 4.79 Å². The lowest BCUT2D eigenvalue weighted by atomic mass is 10.1. The summed E-state index contributed by atoms with van der Waals surface area (Å²) in [5.41, 5.74) is 2.68. The SMILES string of the molecule is CCNc1cc(C)ccc1C(=O)NC(C)COC. The largest absolute Gasteiger partial charge is 0.385 e. The molecule has 1 aromatic carbocycles. The summed E-state index contributed by atoms with van der Waals surface area (Å²) < 4.78 is 5.01. The lowest BCUT2D eigenvalue weighted by Gasteiger charge is -2.15. The second kappa shape index (κ2) is 7.01. The molecule has 4 heteroatoms. The van der Waals surface area contributed by atoms with Crippen LogP contribution in [0.4, 0.5) is 5.69 Å². The van der Waals surface area contributed by atoms with Gasteiger partial charge in [0.05, 0.1) is 12.2 Å². The molecule has 0 bridgehead atoms. The van der Waals surface area contributed by atoms with E-state index >= 15 is 0 Å². The van der Waals surface area contributed by atoms with Gasteiger partial charge in [0, 0.05) is 25.4 Å². The molecule has 100 valence electrons. The predicted octanol–water partition coefficient (Wildman–Crippen LogP) is 2.19. The van der Waals surface area contributed by atoms with Gasteiger partial charge in [0.25, 0.3) is 5.91 Å². The molecule has 0 saturated heterocycles. The Balaban J connectivity index is 2.84. The highest BCUT2D eigenvalue weighted by molar-refractivity contribution is 5.99. The summed E-state index contributed by atoms with van der Waals surface area (Å²) in [6.07, 6.45) is 0. The summed E-state index contributed by atoms with van der Waals surface area (Å²) in [7, 11) is 1.62. The van der Waals surface area contributed by atoms with E-state index in [0.717, 1.165) is 17.8 Å². The zero-order valence-corrected chi connectivity index (χ0v) is 11.5. The van der Waals surface area contributed by atoms with Crippen LogP contribution in [0.3, 0.4) is 0 Å². The average molecular weight is 250 g/mol. The molecule has 4 nitrogen and oxygen atoms in total. The number of methoxy groups -OCH3 is 1. The van der Waals surface area contributed by atoms with Crippen molar-refractivity contribution in [1.29, 1.82) is 0 Å². The van der Waals surface area contributed by atoms with Crippen LogP contribution in [-0.2, 0) is 4.74 Å². The van der Waals surface area contributed by atoms with Gasteiger partial charge in [-0.15, -0.1) is 0 Å². The highest BCUT2D eigenvalue weighted by Gasteiger charge is 2.13. The number of rotatable bonds is 6. The smallest absolute Gasteiger partial charge is 0.253 e. The number of hydrogen-bond acceptors (Lipinski definition) is 3. The molecule has 0 spiro atoms. The lowest BCUT2D eigenvalue weighted by molar-refractivity contribution is 0.0906. The Morgan fingerprint density at radius 1 is 1.44 bits per heavy atom. The molecule has 0 aromatic heterocycles. The Morgan fingerprint density at radius 2 is 2.17 bits per heavy atom. The zero-order valence-electron chi connectivity index (χ0n) is 11.5. The number of aryl methyl sites for hydroxylation is 1. The summed E-state index contributed by atoms with van der Waals surface area (Å²) in [5, 5.41) is 6.12. The average Bonchev–Trinajstić information content (AvgIpc) is 2.29. The van der Waals surface area contributed by atoms with Crippen molar-refractivity contribution in [2.75, 3.05) is 25.6 Å². The first-order chi connectivity index (χ1) is 8.58. The second-order valence-electron chi connectivity index (χ2n) is 4.41. The summed E-state index contributed by atoms with van der Waals surface area (Å²) >= 11 is 0. The van der Waals surface area contributed by atoms with Crippen LogP contribution >= 0.6 is 0 Å². The molecule has 1 rings (SSSR count). The Labute approximate surface area is 109 Å². The van der Waals surface area contributed by atoms with Gasteiger partial charge in [-0.2, -0.15) is 0 Å². The minimum atomic E-state index is -0.0736. The molecular weight excluding hydrogens is 228 g/mol. The molecule has 0 fully saturated rings. The van der Waals surface area contributed by atoms with Crippen molar-refractivity contribution in [3.63, 3.8) is 0 Å². The molecule has 2 N–H and O–H groups in total. The van der Waals surface area contributed by atoms with Crippen LogP contribution in [-0.4, -0.2) is 32.2 Å². The normalized spacial score (nSPS) is 12.0. The molecule has 0 saturated carbocycles. The third-order valence-corrected chi connectivity index (χ3v) is 2.58. The van der Waals surface area contributed by atoms with E-state index in [1.54, 1.807) is 7.11 Å². The number of ether oxygens (including phenoxy) is 1. The van der Waals surface area contributed by atoms with E-state index in [1.807, 2.05) is 39.0 Å². The van der Waals surface area contributed by atoms with E-state index in [1.165, 1.54) is 0 Å². The standard InChI is InChI=1S/C14H22N2O2/c1-5-15-13-8-10(2)6-7-12(13)14(17)16-11(3)9-18-4/h6-8,11,15H,5,9H2,1-4H3,(H,16,17). The van der Waals surface area contributed by atoms with Gasteiger partial charge in [0.15, 0.2) is 0 Å². The van der Waals surface area contributed by atoms with Crippen molar-refractivity contribution in [3.05, 3.63) is 29.3 Å². The van der Waals surface area contributed by atoms with Gasteiger partial charge >= 0.3 is 0 Å². The Bertz CT molecular complexity index is 405. The monoisotopic (exact) mass is 250 g/mol. The number of nitrogens with one attached hydrogen (secondary N) is 2. The fraction of sp³-hybridized carbons (Fsp3) is 0.500. The van der Waals surface area contributed by atoms with E-state index in [-0.39, 0.29) is 11.9 Å². The van der Waals surface area contributed by atoms with Gasteiger partial charge in [-0.25, -0.2) is 0 Å². The Morgan fingerprint density at radius 3 is 2.78 bits per heavy atom. The van der Waals surface area contributed by atoms with E-state index in [9.17, 15) is 4.79 Å². The maximum atomic E-state index is 12.1. The Hall–Kier alpha value is -1.55. The summed E-state index contributed by atoms with van der Waals surface area (Å²) in [4.78, 5) is 12.1. The van der Waals surface area contributed by atoms with Crippen LogP contribution in [0.15, 0.2) is 18.2 Å². The first kappa shape index (κ1) is 14.5. The molecule has 0 radical (unpaired) electrons. The number of anilines is 1. The van der Waals surface area contributed by atoms with Crippen LogP contribution in [0.2, 0.25) is 0 Å². The summed E-state index contributed by atoms with van der Waals surface area (Å²) in [6, 6.07) is 5.77. The van der Waals surface area contributed by atoms with Crippen molar-refractivity contribution >= 4 is 11.6 Å². The maximum absolute atomic E-state index is 12.1. The predicted molar refractivity (Wildman–Crippen MR) is 74.1 cm³/mol. The van der Waals surface area contributed by atoms with Crippen molar-refractivity contribution in [2.24, 2.45) is 0 Å². The van der Waals surface area contributed by atoms with Crippen molar-refractivity contribution in [3.8, 4) is 0 Å². The van der Waals surface area contributed by atoms with Crippen molar-refractivity contribution < 1.29 is 9.53 Å². The van der Waals surface area contributed by atoms with E-state index in [2.05, 4.69) is 10.6 Å². The van der Waals surface area contributed by atoms with Crippen LogP contribution < -0.4 is 10.6 Å². The van der Waals surface area contributed by atoms with Gasteiger partial charge in [0.2, 0.25) is 0 Å². The molecule has 1 aromatic rings. The molecule has 18 heavy (non-hydrogen) atoms. The fourth-order valence-corrected chi connectivity index (χ4v) is 1.79. The molecule has 1 unspecified atom stereocenters. The van der Waals surface area contributed by atoms with Gasteiger partial charge in [-0.05, 0) is 38.5 Å². The first-order valence-corrected chi connectivity index (χ1v) is 6.22. The van der Waals surface area contributed by atoms with E-state index in [4.69, 9.17) is 4.74 Å². The van der Waals surface area contributed by atoms with Gasteiger partial charge in [-0.1, -0.05) is 6.07 Å². The minimum Gasteiger partial charge on any atom is -0.385 e. The highest BCUT2D eigenvalue weighted by Crippen LogP contribution is 2.17. The topological polar surface area (TPSA) is 50.4 Å². The maximum Gasteiger partial charge on any atom is 0.253 e. The van der Waals surface area contributed by atoms with Crippen molar-refractivity contribution in [1.82, 2.24) is 5.32 Å². The molecule has 0 heterocycles. The number of carbonyl (C=O) groups is 1. The first-order valence-electron chi connectivity index (χ1n) is 6.22. The van der Waals surface area contributed by atoms with Gasteiger partial charge < -0.3 is 15.4 Å². The van der Waals surface area contributed by atoms with E-state index < -0.39 is 0 Å². The molecule has 1 amide bonds. The molecule has 0 aliphatic carbocycles. The summed E-state index contributed by atoms with van der Waals surface area (Å²) in [5.74, 6) is -0.0736. The number of amides is 1. The van der Waals surface area contributed by atoms with Crippen LogP contribution in [0.25, 0.3) is 0 Å². The molecule has 0 aliphatic rings. The van der Waals surface area contributed by atoms with Crippen LogP contribution in [0.5, 0.6) is 0 Å². The van der Waals surface area contributed by atoms with Crippen LogP contribution in [0.1, 0.15) is 29.8 Å². The number of carbonyl (C=O) groups excluding carboxylic acids is 1. The number of hydrogen-bond donors (Lipinski definition) is 2. The van der Waals surface area contributed by atoms with E-state index in [0.29, 0.717) is 12.2 Å². The second-order valence-corrected chi connectivity index (χ2v) is 4.41. The third-order valence-electron chi connectivity index (χ3n) is 2.58. The van der Waals surface area contributed by atoms with Crippen LogP contribution in [0, 0.1) is 6.92 Å². The fourth-order valence-electron chi connectivity index (χ4n) is 1.79. The van der Waals surface area contributed by atoms with Crippen molar-refractivity contribution in [2.45, 2.75) is 26.8 Å². The zero-order chi connectivity index (χ0) is 13.5. The molecular formula is C14H22N2O2. The van der Waals surface area contributed by atoms with Gasteiger partial charge in [0.1, 0.15) is 0 Å². The highest BCUT2D eigenvalue weighted by atomic mass is 16.5.